The molecule has 0 aliphatic rings. The van der Waals surface area contributed by atoms with Gasteiger partial charge in [0.2, 0.25) is 0 Å². The van der Waals surface area contributed by atoms with E-state index in [-0.39, 0.29) is 18.9 Å². The minimum atomic E-state index is -3.67. The predicted molar refractivity (Wildman–Crippen MR) is 58.5 cm³/mol. The second kappa shape index (κ2) is 19.6. The van der Waals surface area contributed by atoms with Gasteiger partial charge in [0.05, 0.1) is 6.26 Å². The van der Waals surface area contributed by atoms with Crippen LogP contribution in [0.4, 0.5) is 12.9 Å². The van der Waals surface area contributed by atoms with Gasteiger partial charge in [-0.3, -0.25) is 17.5 Å². The molecular weight excluding hydrogens is 284 g/mol. The Labute approximate surface area is 114 Å². The van der Waals surface area contributed by atoms with Crippen molar-refractivity contribution < 1.29 is 56.1 Å². The van der Waals surface area contributed by atoms with Crippen molar-refractivity contribution in [3.63, 3.8) is 0 Å². The number of halogens is 3. The van der Waals surface area contributed by atoms with Crippen LogP contribution < -0.4 is 0 Å². The van der Waals surface area contributed by atoms with Gasteiger partial charge in [0.1, 0.15) is 0 Å². The van der Waals surface area contributed by atoms with E-state index in [1.54, 1.807) is 0 Å². The molecule has 0 heterocycles. The van der Waals surface area contributed by atoms with Crippen LogP contribution in [0.1, 0.15) is 0 Å². The summed E-state index contributed by atoms with van der Waals surface area (Å²) in [5, 5.41) is 41.7. The van der Waals surface area contributed by atoms with Crippen molar-refractivity contribution in [2.75, 3.05) is 6.26 Å². The molecule has 0 amide bonds. The summed E-state index contributed by atoms with van der Waals surface area (Å²) in [6.45, 7) is 0. The Bertz CT molecular complexity index is 195. The van der Waals surface area contributed by atoms with E-state index in [2.05, 4.69) is 0 Å². The quantitative estimate of drug-likeness (QED) is 0.172. The zero-order valence-electron chi connectivity index (χ0n) is 8.22. The number of hydrogen-bond acceptors (Lipinski definition) is 8. The molecule has 0 aromatic heterocycles. The average Bonchev–Trinajstić information content (AvgIpc) is 1.73. The van der Waals surface area contributed by atoms with Gasteiger partial charge in [-0.25, -0.2) is 0 Å². The van der Waals surface area contributed by atoms with Crippen molar-refractivity contribution >= 4 is 51.2 Å². The zero-order chi connectivity index (χ0) is 15.2. The summed E-state index contributed by atoms with van der Waals surface area (Å²) in [7, 11) is -11.7. The van der Waals surface area contributed by atoms with Gasteiger partial charge in [-0.15, -0.1) is 0 Å². The molecule has 0 atom stereocenters. The molecule has 0 saturated carbocycles. The maximum absolute atomic E-state index is 10.1. The minimum absolute atomic E-state index is 0. The molecule has 0 bridgehead atoms. The van der Waals surface area contributed by atoms with Crippen molar-refractivity contribution in [3.05, 3.63) is 0 Å². The van der Waals surface area contributed by atoms with E-state index in [0.717, 1.165) is 0 Å². The second-order valence-corrected chi connectivity index (χ2v) is 3.13. The molecule has 0 unspecified atom stereocenters. The molecule has 0 radical (unpaired) electrons. The Morgan fingerprint density at radius 3 is 0.778 bits per heavy atom. The number of hydrogen-bond donors (Lipinski definition) is 7. The van der Waals surface area contributed by atoms with E-state index in [9.17, 15) is 21.4 Å². The molecule has 9 nitrogen and oxygen atoms in total. The summed E-state index contributed by atoms with van der Waals surface area (Å²) >= 11 is 0. The molecular formula is CH11B3F3LiO9S. The molecule has 18 heavy (non-hydrogen) atoms. The van der Waals surface area contributed by atoms with Crippen LogP contribution >= 0.6 is 0 Å². The van der Waals surface area contributed by atoms with Crippen LogP contribution in [-0.4, -0.2) is 90.4 Å². The van der Waals surface area contributed by atoms with Gasteiger partial charge in [-0.2, -0.15) is 8.42 Å². The van der Waals surface area contributed by atoms with Crippen LogP contribution in [0.3, 0.4) is 0 Å². The Hall–Kier alpha value is 0.252. The zero-order valence-corrected chi connectivity index (χ0v) is 9.04. The summed E-state index contributed by atoms with van der Waals surface area (Å²) in [5.41, 5.74) is 0. The molecule has 0 fully saturated rings. The SMILES string of the molecule is CS(=O)(=O)O.OB(O)F.OB(O)F.OB(O)F.[LiH]. The second-order valence-electron chi connectivity index (χ2n) is 1.66. The summed E-state index contributed by atoms with van der Waals surface area (Å²) in [5.74, 6) is 0. The fraction of sp³-hybridized carbons (Fsp3) is 1.00. The Balaban J connectivity index is -0.0000000412. The third kappa shape index (κ3) is 59400. The molecule has 7 N–H and O–H groups in total. The van der Waals surface area contributed by atoms with Crippen molar-refractivity contribution in [1.29, 1.82) is 0 Å². The summed E-state index contributed by atoms with van der Waals surface area (Å²) in [4.78, 5) is 0. The molecule has 0 aliphatic carbocycles. The van der Waals surface area contributed by atoms with Crippen LogP contribution in [-0.2, 0) is 10.1 Å². The Morgan fingerprint density at radius 2 is 0.778 bits per heavy atom. The van der Waals surface area contributed by atoms with E-state index in [4.69, 9.17) is 34.7 Å². The molecule has 106 valence electrons. The first kappa shape index (κ1) is 30.9. The van der Waals surface area contributed by atoms with E-state index >= 15 is 0 Å². The van der Waals surface area contributed by atoms with E-state index in [1.807, 2.05) is 0 Å². The third-order valence-electron chi connectivity index (χ3n) is 0. The van der Waals surface area contributed by atoms with Crippen LogP contribution in [0.15, 0.2) is 0 Å². The summed E-state index contributed by atoms with van der Waals surface area (Å²) in [6, 6.07) is 0. The Morgan fingerprint density at radius 1 is 0.778 bits per heavy atom. The van der Waals surface area contributed by atoms with Gasteiger partial charge < -0.3 is 30.1 Å². The summed E-state index contributed by atoms with van der Waals surface area (Å²) in [6.07, 6.45) is 0.715. The van der Waals surface area contributed by atoms with Crippen molar-refractivity contribution in [2.45, 2.75) is 0 Å². The fourth-order valence-electron chi connectivity index (χ4n) is 0. The monoisotopic (exact) mass is 296 g/mol. The topological polar surface area (TPSA) is 176 Å². The molecule has 0 saturated heterocycles. The first-order chi connectivity index (χ1) is 7.20. The predicted octanol–water partition coefficient (Wildman–Crippen LogP) is -4.37. The first-order valence-electron chi connectivity index (χ1n) is 3.13. The molecule has 0 aromatic carbocycles. The molecule has 0 rings (SSSR count). The van der Waals surface area contributed by atoms with Gasteiger partial charge in [0, 0.05) is 0 Å². The standard InChI is InChI=1S/CH4O3S.3BFH2O2.Li.H/c1-5(2,3)4;3*2-1(3)4;;/h1H3,(H,2,3,4);3*3-4H;;. The molecule has 0 aromatic rings. The summed E-state index contributed by atoms with van der Waals surface area (Å²) < 4.78 is 56.2. The molecule has 0 spiro atoms. The fourth-order valence-corrected chi connectivity index (χ4v) is 0. The molecule has 0 aliphatic heterocycles. The average molecular weight is 296 g/mol. The van der Waals surface area contributed by atoms with E-state index in [1.165, 1.54) is 0 Å². The Kier molecular flexibility index (Phi) is 33.7. The van der Waals surface area contributed by atoms with Crippen molar-refractivity contribution in [3.8, 4) is 0 Å². The first-order valence-corrected chi connectivity index (χ1v) is 4.98. The van der Waals surface area contributed by atoms with Gasteiger partial charge in [-0.05, 0) is 0 Å². The van der Waals surface area contributed by atoms with Gasteiger partial charge in [0.25, 0.3) is 10.1 Å². The van der Waals surface area contributed by atoms with Crippen LogP contribution in [0.5, 0.6) is 0 Å². The van der Waals surface area contributed by atoms with Crippen molar-refractivity contribution in [2.24, 2.45) is 0 Å². The van der Waals surface area contributed by atoms with E-state index in [0.29, 0.717) is 6.26 Å². The van der Waals surface area contributed by atoms with Crippen LogP contribution in [0.25, 0.3) is 0 Å². The van der Waals surface area contributed by atoms with Gasteiger partial charge in [-0.1, -0.05) is 0 Å². The molecule has 17 heteroatoms. The third-order valence-corrected chi connectivity index (χ3v) is 0. The normalized spacial score (nSPS) is 7.72. The van der Waals surface area contributed by atoms with Crippen LogP contribution in [0, 0.1) is 0 Å². The van der Waals surface area contributed by atoms with Gasteiger partial charge >= 0.3 is 41.0 Å². The van der Waals surface area contributed by atoms with Crippen molar-refractivity contribution in [1.82, 2.24) is 0 Å². The van der Waals surface area contributed by atoms with Gasteiger partial charge in [0.15, 0.2) is 0 Å². The number of rotatable bonds is 0. The van der Waals surface area contributed by atoms with E-state index < -0.39 is 32.3 Å². The maximum atomic E-state index is 10.1. The van der Waals surface area contributed by atoms with Crippen LogP contribution in [0.2, 0.25) is 0 Å².